The summed E-state index contributed by atoms with van der Waals surface area (Å²) in [5.74, 6) is 1.15. The van der Waals surface area contributed by atoms with Crippen LogP contribution in [0.1, 0.15) is 6.92 Å². The number of hydrogen-bond donors (Lipinski definition) is 1. The molecular formula is C14H16BrN3S. The molecule has 1 unspecified atom stereocenters. The van der Waals surface area contributed by atoms with Crippen molar-refractivity contribution in [3.63, 3.8) is 0 Å². The summed E-state index contributed by atoms with van der Waals surface area (Å²) >= 11 is 5.56. The summed E-state index contributed by atoms with van der Waals surface area (Å²) in [6, 6.07) is 6.16. The molecule has 5 heteroatoms. The zero-order valence-electron chi connectivity index (χ0n) is 10.8. The van der Waals surface area contributed by atoms with Gasteiger partial charge in [0.15, 0.2) is 0 Å². The third-order valence-electron chi connectivity index (χ3n) is 3.39. The van der Waals surface area contributed by atoms with Gasteiger partial charge < -0.3 is 10.6 Å². The van der Waals surface area contributed by atoms with Crippen LogP contribution in [-0.2, 0) is 0 Å². The molecule has 100 valence electrons. The Hall–Kier alpha value is -0.940. The topological polar surface area (TPSA) is 42.1 Å². The van der Waals surface area contributed by atoms with Crippen LogP contribution in [0.4, 0.5) is 11.4 Å². The van der Waals surface area contributed by atoms with Gasteiger partial charge in [-0.2, -0.15) is 11.8 Å². The summed E-state index contributed by atoms with van der Waals surface area (Å²) in [6.45, 7) is 4.36. The molecule has 0 amide bonds. The molecule has 2 N–H and O–H groups in total. The minimum atomic E-state index is 0.642. The number of rotatable bonds is 1. The van der Waals surface area contributed by atoms with E-state index >= 15 is 0 Å². The molecule has 3 rings (SSSR count). The van der Waals surface area contributed by atoms with Gasteiger partial charge in [-0.1, -0.05) is 22.9 Å². The molecule has 0 aliphatic carbocycles. The fourth-order valence-corrected chi connectivity index (χ4v) is 3.92. The number of aromatic nitrogens is 1. The van der Waals surface area contributed by atoms with Gasteiger partial charge in [0, 0.05) is 34.0 Å². The van der Waals surface area contributed by atoms with E-state index in [1.165, 1.54) is 0 Å². The molecule has 1 aliphatic rings. The molecule has 1 atom stereocenters. The summed E-state index contributed by atoms with van der Waals surface area (Å²) in [5, 5.41) is 1.77. The first-order valence-corrected chi connectivity index (χ1v) is 8.19. The average Bonchev–Trinajstić information content (AvgIpc) is 2.38. The van der Waals surface area contributed by atoms with E-state index in [4.69, 9.17) is 5.73 Å². The lowest BCUT2D eigenvalue weighted by Gasteiger charge is -2.33. The molecule has 1 aliphatic heterocycles. The van der Waals surface area contributed by atoms with Gasteiger partial charge in [-0.15, -0.1) is 0 Å². The zero-order chi connectivity index (χ0) is 13.4. The van der Waals surface area contributed by atoms with E-state index in [1.807, 2.05) is 23.9 Å². The van der Waals surface area contributed by atoms with E-state index in [-0.39, 0.29) is 0 Å². The highest BCUT2D eigenvalue weighted by Gasteiger charge is 2.21. The maximum absolute atomic E-state index is 6.19. The van der Waals surface area contributed by atoms with Crippen molar-refractivity contribution in [1.29, 1.82) is 0 Å². The number of benzene rings is 1. The molecule has 1 saturated heterocycles. The number of hydrogen-bond acceptors (Lipinski definition) is 4. The molecule has 0 saturated carbocycles. The number of thioether (sulfide) groups is 1. The lowest BCUT2D eigenvalue weighted by atomic mass is 10.1. The Balaban J connectivity index is 2.15. The number of nitrogens with two attached hydrogens (primary N) is 1. The van der Waals surface area contributed by atoms with Crippen molar-refractivity contribution in [1.82, 2.24) is 4.98 Å². The monoisotopic (exact) mass is 337 g/mol. The van der Waals surface area contributed by atoms with E-state index in [0.717, 1.165) is 45.6 Å². The van der Waals surface area contributed by atoms with Crippen LogP contribution in [0.3, 0.4) is 0 Å². The number of pyridine rings is 1. The molecule has 0 spiro atoms. The first-order chi connectivity index (χ1) is 9.15. The summed E-state index contributed by atoms with van der Waals surface area (Å²) in [6.07, 6.45) is 1.78. The molecule has 3 nitrogen and oxygen atoms in total. The second-order valence-electron chi connectivity index (χ2n) is 4.85. The second-order valence-corrected chi connectivity index (χ2v) is 7.31. The van der Waals surface area contributed by atoms with Crippen LogP contribution in [-0.4, -0.2) is 29.1 Å². The molecule has 1 aromatic carbocycles. The van der Waals surface area contributed by atoms with E-state index in [1.54, 1.807) is 6.20 Å². The van der Waals surface area contributed by atoms with Crippen molar-refractivity contribution in [2.45, 2.75) is 12.2 Å². The molecular weight excluding hydrogens is 322 g/mol. The fraction of sp³-hybridized carbons (Fsp3) is 0.357. The number of nitrogen functional groups attached to an aromatic ring is 1. The van der Waals surface area contributed by atoms with E-state index in [2.05, 4.69) is 38.8 Å². The third kappa shape index (κ3) is 2.54. The first-order valence-electron chi connectivity index (χ1n) is 6.35. The standard InChI is InChI=1S/C14H16BrN3S/c1-9-8-18(4-5-19-9)14-11-6-10(15)2-3-13(11)17-7-12(14)16/h2-3,6-7,9H,4-5,8,16H2,1H3. The Labute approximate surface area is 125 Å². The van der Waals surface area contributed by atoms with Gasteiger partial charge >= 0.3 is 0 Å². The molecule has 0 bridgehead atoms. The molecule has 1 aromatic heterocycles. The van der Waals surface area contributed by atoms with Crippen LogP contribution in [0.15, 0.2) is 28.9 Å². The maximum atomic E-state index is 6.19. The van der Waals surface area contributed by atoms with Crippen molar-refractivity contribution in [2.75, 3.05) is 29.5 Å². The van der Waals surface area contributed by atoms with E-state index in [0.29, 0.717) is 5.25 Å². The number of nitrogens with zero attached hydrogens (tertiary/aromatic N) is 2. The Morgan fingerprint density at radius 2 is 2.32 bits per heavy atom. The summed E-state index contributed by atoms with van der Waals surface area (Å²) in [7, 11) is 0. The van der Waals surface area contributed by atoms with Crippen LogP contribution in [0, 0.1) is 0 Å². The minimum Gasteiger partial charge on any atom is -0.396 e. The normalized spacial score (nSPS) is 19.9. The van der Waals surface area contributed by atoms with Crippen molar-refractivity contribution >= 4 is 50.0 Å². The summed E-state index contributed by atoms with van der Waals surface area (Å²) in [4.78, 5) is 6.81. The third-order valence-corrected chi connectivity index (χ3v) is 5.02. The van der Waals surface area contributed by atoms with E-state index < -0.39 is 0 Å². The first kappa shape index (κ1) is 13.1. The zero-order valence-corrected chi connectivity index (χ0v) is 13.2. The largest absolute Gasteiger partial charge is 0.396 e. The predicted molar refractivity (Wildman–Crippen MR) is 88.0 cm³/mol. The number of halogens is 1. The van der Waals surface area contributed by atoms with Crippen LogP contribution in [0.5, 0.6) is 0 Å². The lowest BCUT2D eigenvalue weighted by molar-refractivity contribution is 0.786. The molecule has 1 fully saturated rings. The van der Waals surface area contributed by atoms with Gasteiger partial charge in [0.05, 0.1) is 23.1 Å². The van der Waals surface area contributed by atoms with Gasteiger partial charge in [0.2, 0.25) is 0 Å². The van der Waals surface area contributed by atoms with Crippen LogP contribution >= 0.6 is 27.7 Å². The van der Waals surface area contributed by atoms with Crippen molar-refractivity contribution in [3.05, 3.63) is 28.9 Å². The fourth-order valence-electron chi connectivity index (χ4n) is 2.54. The second kappa shape index (κ2) is 5.21. The highest BCUT2D eigenvalue weighted by atomic mass is 79.9. The lowest BCUT2D eigenvalue weighted by Crippen LogP contribution is -2.37. The molecule has 2 heterocycles. The van der Waals surface area contributed by atoms with Gasteiger partial charge in [-0.3, -0.25) is 4.98 Å². The Morgan fingerprint density at radius 3 is 3.11 bits per heavy atom. The predicted octanol–water partition coefficient (Wildman–Crippen LogP) is 3.52. The van der Waals surface area contributed by atoms with Crippen LogP contribution in [0.25, 0.3) is 10.9 Å². The Kier molecular flexibility index (Phi) is 3.58. The maximum Gasteiger partial charge on any atom is 0.0745 e. The molecule has 2 aromatic rings. The van der Waals surface area contributed by atoms with Gasteiger partial charge in [0.25, 0.3) is 0 Å². The summed E-state index contributed by atoms with van der Waals surface area (Å²) < 4.78 is 1.06. The number of fused-ring (bicyclic) bond motifs is 1. The van der Waals surface area contributed by atoms with Gasteiger partial charge in [0.1, 0.15) is 0 Å². The quantitative estimate of drug-likeness (QED) is 0.864. The van der Waals surface area contributed by atoms with Crippen molar-refractivity contribution in [3.8, 4) is 0 Å². The molecule has 0 radical (unpaired) electrons. The highest BCUT2D eigenvalue weighted by Crippen LogP contribution is 2.35. The number of anilines is 2. The van der Waals surface area contributed by atoms with Gasteiger partial charge in [-0.25, -0.2) is 0 Å². The Morgan fingerprint density at radius 1 is 1.47 bits per heavy atom. The van der Waals surface area contributed by atoms with Crippen LogP contribution < -0.4 is 10.6 Å². The van der Waals surface area contributed by atoms with Crippen LogP contribution in [0.2, 0.25) is 0 Å². The highest BCUT2D eigenvalue weighted by molar-refractivity contribution is 9.10. The van der Waals surface area contributed by atoms with Crippen molar-refractivity contribution in [2.24, 2.45) is 0 Å². The molecule has 19 heavy (non-hydrogen) atoms. The van der Waals surface area contributed by atoms with E-state index in [9.17, 15) is 0 Å². The van der Waals surface area contributed by atoms with Gasteiger partial charge in [-0.05, 0) is 18.2 Å². The SMILES string of the molecule is CC1CN(c2c(N)cnc3ccc(Br)cc23)CCS1. The summed E-state index contributed by atoms with van der Waals surface area (Å²) in [5.41, 5.74) is 9.09. The average molecular weight is 338 g/mol. The van der Waals surface area contributed by atoms with Crippen molar-refractivity contribution < 1.29 is 0 Å². The smallest absolute Gasteiger partial charge is 0.0745 e. The Bertz CT molecular complexity index is 612. The minimum absolute atomic E-state index is 0.642.